The Morgan fingerprint density at radius 1 is 1.33 bits per heavy atom. The Bertz CT molecular complexity index is 575. The third-order valence-electron chi connectivity index (χ3n) is 2.91. The van der Waals surface area contributed by atoms with Gasteiger partial charge in [0, 0.05) is 18.3 Å². The summed E-state index contributed by atoms with van der Waals surface area (Å²) in [5.41, 5.74) is 1.35. The topological polar surface area (TPSA) is 39.1 Å². The Balaban J connectivity index is 1.83. The number of rotatable bonds is 6. The standard InChI is InChI=1S/C16H22IN3O/c1-16(2,3)18-10-13-5-4-6-15(9-13)21-8-7-20-12-14(17)11-19-20/h4-6,9,11-12,18H,7-8,10H2,1-3H3. The molecule has 1 N–H and O–H groups in total. The first-order valence-electron chi connectivity index (χ1n) is 7.07. The molecule has 0 saturated carbocycles. The first-order valence-corrected chi connectivity index (χ1v) is 8.15. The van der Waals surface area contributed by atoms with Crippen molar-refractivity contribution in [1.29, 1.82) is 0 Å². The lowest BCUT2D eigenvalue weighted by Gasteiger charge is -2.20. The van der Waals surface area contributed by atoms with Crippen LogP contribution in [-0.2, 0) is 13.1 Å². The van der Waals surface area contributed by atoms with Crippen LogP contribution in [0.25, 0.3) is 0 Å². The van der Waals surface area contributed by atoms with Crippen molar-refractivity contribution in [2.45, 2.75) is 39.4 Å². The molecule has 0 bridgehead atoms. The summed E-state index contributed by atoms with van der Waals surface area (Å²) in [6, 6.07) is 8.23. The van der Waals surface area contributed by atoms with Crippen LogP contribution in [0.2, 0.25) is 0 Å². The number of hydrogen-bond donors (Lipinski definition) is 1. The third-order valence-corrected chi connectivity index (χ3v) is 3.47. The summed E-state index contributed by atoms with van der Waals surface area (Å²) in [5.74, 6) is 0.907. The highest BCUT2D eigenvalue weighted by molar-refractivity contribution is 14.1. The van der Waals surface area contributed by atoms with Crippen LogP contribution in [0.1, 0.15) is 26.3 Å². The van der Waals surface area contributed by atoms with Gasteiger partial charge in [-0.2, -0.15) is 5.10 Å². The fraction of sp³-hybridized carbons (Fsp3) is 0.438. The fourth-order valence-electron chi connectivity index (χ4n) is 1.83. The van der Waals surface area contributed by atoms with E-state index in [1.54, 1.807) is 0 Å². The molecule has 0 aliphatic rings. The van der Waals surface area contributed by atoms with Gasteiger partial charge in [-0.15, -0.1) is 0 Å². The molecule has 21 heavy (non-hydrogen) atoms. The molecule has 0 aliphatic heterocycles. The zero-order chi connectivity index (χ0) is 15.3. The quantitative estimate of drug-likeness (QED) is 0.757. The van der Waals surface area contributed by atoms with Crippen molar-refractivity contribution >= 4 is 22.6 Å². The summed E-state index contributed by atoms with van der Waals surface area (Å²) in [6.07, 6.45) is 3.85. The molecule has 1 aromatic heterocycles. The molecule has 0 spiro atoms. The molecule has 0 saturated heterocycles. The normalized spacial score (nSPS) is 11.6. The highest BCUT2D eigenvalue weighted by atomic mass is 127. The van der Waals surface area contributed by atoms with Gasteiger partial charge in [-0.3, -0.25) is 4.68 Å². The number of nitrogens with zero attached hydrogens (tertiary/aromatic N) is 2. The number of halogens is 1. The van der Waals surface area contributed by atoms with Crippen LogP contribution in [0.4, 0.5) is 0 Å². The molecule has 0 atom stereocenters. The molecule has 0 aliphatic carbocycles. The van der Waals surface area contributed by atoms with Gasteiger partial charge in [-0.1, -0.05) is 12.1 Å². The number of hydrogen-bond acceptors (Lipinski definition) is 3. The molecule has 0 fully saturated rings. The Hall–Kier alpha value is -1.08. The summed E-state index contributed by atoms with van der Waals surface area (Å²) < 4.78 is 8.84. The monoisotopic (exact) mass is 399 g/mol. The van der Waals surface area contributed by atoms with Gasteiger partial charge in [-0.05, 0) is 61.1 Å². The maximum atomic E-state index is 5.80. The summed E-state index contributed by atoms with van der Waals surface area (Å²) in [6.45, 7) is 8.72. The number of ether oxygens (including phenoxy) is 1. The Morgan fingerprint density at radius 3 is 2.81 bits per heavy atom. The predicted molar refractivity (Wildman–Crippen MR) is 93.5 cm³/mol. The Morgan fingerprint density at radius 2 is 2.14 bits per heavy atom. The molecular formula is C16H22IN3O. The first kappa shape index (κ1) is 16.3. The second-order valence-electron chi connectivity index (χ2n) is 6.02. The average Bonchev–Trinajstić information content (AvgIpc) is 2.82. The zero-order valence-corrected chi connectivity index (χ0v) is 14.9. The van der Waals surface area contributed by atoms with Gasteiger partial charge in [0.15, 0.2) is 0 Å². The molecule has 4 nitrogen and oxygen atoms in total. The van der Waals surface area contributed by atoms with Gasteiger partial charge in [-0.25, -0.2) is 0 Å². The zero-order valence-electron chi connectivity index (χ0n) is 12.8. The maximum absolute atomic E-state index is 5.80. The van der Waals surface area contributed by atoms with Crippen LogP contribution in [0.3, 0.4) is 0 Å². The summed E-state index contributed by atoms with van der Waals surface area (Å²) >= 11 is 2.25. The van der Waals surface area contributed by atoms with Crippen molar-refractivity contribution in [1.82, 2.24) is 15.1 Å². The van der Waals surface area contributed by atoms with E-state index in [1.165, 1.54) is 5.56 Å². The lowest BCUT2D eigenvalue weighted by Crippen LogP contribution is -2.35. The molecule has 0 amide bonds. The van der Waals surface area contributed by atoms with Gasteiger partial charge in [0.25, 0.3) is 0 Å². The molecule has 1 heterocycles. The summed E-state index contributed by atoms with van der Waals surface area (Å²) in [5, 5.41) is 7.72. The van der Waals surface area contributed by atoms with E-state index in [1.807, 2.05) is 29.2 Å². The van der Waals surface area contributed by atoms with Crippen LogP contribution in [0.15, 0.2) is 36.7 Å². The smallest absolute Gasteiger partial charge is 0.119 e. The maximum Gasteiger partial charge on any atom is 0.119 e. The van der Waals surface area contributed by atoms with Gasteiger partial charge in [0.2, 0.25) is 0 Å². The first-order chi connectivity index (χ1) is 9.92. The van der Waals surface area contributed by atoms with Gasteiger partial charge in [0.1, 0.15) is 12.4 Å². The van der Waals surface area contributed by atoms with E-state index in [0.29, 0.717) is 6.61 Å². The fourth-order valence-corrected chi connectivity index (χ4v) is 2.28. The predicted octanol–water partition coefficient (Wildman–Crippen LogP) is 3.45. The number of nitrogens with one attached hydrogen (secondary N) is 1. The highest BCUT2D eigenvalue weighted by Crippen LogP contribution is 2.14. The average molecular weight is 399 g/mol. The van der Waals surface area contributed by atoms with Crippen molar-refractivity contribution < 1.29 is 4.74 Å². The minimum atomic E-state index is 0.119. The number of aromatic nitrogens is 2. The van der Waals surface area contributed by atoms with E-state index in [9.17, 15) is 0 Å². The molecule has 1 aromatic carbocycles. The van der Waals surface area contributed by atoms with Crippen molar-refractivity contribution in [3.8, 4) is 5.75 Å². The van der Waals surface area contributed by atoms with Crippen LogP contribution in [0, 0.1) is 3.57 Å². The van der Waals surface area contributed by atoms with E-state index in [4.69, 9.17) is 4.74 Å². The number of benzene rings is 1. The molecule has 0 radical (unpaired) electrons. The van der Waals surface area contributed by atoms with Crippen molar-refractivity contribution in [3.05, 3.63) is 45.8 Å². The summed E-state index contributed by atoms with van der Waals surface area (Å²) in [4.78, 5) is 0. The Labute approximate surface area is 140 Å². The molecule has 114 valence electrons. The highest BCUT2D eigenvalue weighted by Gasteiger charge is 2.08. The largest absolute Gasteiger partial charge is 0.492 e. The van der Waals surface area contributed by atoms with Gasteiger partial charge >= 0.3 is 0 Å². The lowest BCUT2D eigenvalue weighted by atomic mass is 10.1. The third kappa shape index (κ3) is 6.05. The van der Waals surface area contributed by atoms with Crippen LogP contribution >= 0.6 is 22.6 Å². The van der Waals surface area contributed by atoms with E-state index in [0.717, 1.165) is 22.4 Å². The second kappa shape index (κ2) is 7.26. The second-order valence-corrected chi connectivity index (χ2v) is 7.27. The van der Waals surface area contributed by atoms with Gasteiger partial charge < -0.3 is 10.1 Å². The minimum absolute atomic E-state index is 0.119. The lowest BCUT2D eigenvalue weighted by molar-refractivity contribution is 0.291. The van der Waals surface area contributed by atoms with E-state index >= 15 is 0 Å². The molecular weight excluding hydrogens is 377 g/mol. The molecule has 2 rings (SSSR count). The molecule has 5 heteroatoms. The van der Waals surface area contributed by atoms with Crippen LogP contribution < -0.4 is 10.1 Å². The van der Waals surface area contributed by atoms with Gasteiger partial charge in [0.05, 0.1) is 16.3 Å². The van der Waals surface area contributed by atoms with Crippen LogP contribution in [-0.4, -0.2) is 21.9 Å². The molecule has 2 aromatic rings. The van der Waals surface area contributed by atoms with Crippen LogP contribution in [0.5, 0.6) is 5.75 Å². The summed E-state index contributed by atoms with van der Waals surface area (Å²) in [7, 11) is 0. The SMILES string of the molecule is CC(C)(C)NCc1cccc(OCCn2cc(I)cn2)c1. The van der Waals surface area contributed by atoms with Crippen molar-refractivity contribution in [2.75, 3.05) is 6.61 Å². The minimum Gasteiger partial charge on any atom is -0.492 e. The van der Waals surface area contributed by atoms with E-state index in [-0.39, 0.29) is 5.54 Å². The van der Waals surface area contributed by atoms with Crippen molar-refractivity contribution in [3.63, 3.8) is 0 Å². The Kier molecular flexibility index (Phi) is 5.64. The molecule has 0 unspecified atom stereocenters. The van der Waals surface area contributed by atoms with E-state index in [2.05, 4.69) is 65.9 Å². The van der Waals surface area contributed by atoms with E-state index < -0.39 is 0 Å². The van der Waals surface area contributed by atoms with Crippen molar-refractivity contribution in [2.24, 2.45) is 0 Å².